The Kier molecular flexibility index (Phi) is 5.43. The number of nitrogens with one attached hydrogen (secondary N) is 3. The van der Waals surface area contributed by atoms with Crippen LogP contribution in [0.1, 0.15) is 29.4 Å². The number of carbonyl (C=O) groups excluding carboxylic acids is 1. The zero-order chi connectivity index (χ0) is 19.3. The van der Waals surface area contributed by atoms with Crippen molar-refractivity contribution in [2.75, 3.05) is 25.0 Å². The van der Waals surface area contributed by atoms with Gasteiger partial charge in [0.1, 0.15) is 18.2 Å². The third-order valence-corrected chi connectivity index (χ3v) is 4.83. The number of benzene rings is 1. The Morgan fingerprint density at radius 2 is 2.14 bits per heavy atom. The molecule has 0 spiro atoms. The van der Waals surface area contributed by atoms with Crippen molar-refractivity contribution >= 4 is 11.6 Å². The molecule has 4 rings (SSSR count). The van der Waals surface area contributed by atoms with E-state index in [1.165, 1.54) is 0 Å². The zero-order valence-electron chi connectivity index (χ0n) is 16.0. The second-order valence-electron chi connectivity index (χ2n) is 6.83. The Morgan fingerprint density at radius 3 is 2.96 bits per heavy atom. The number of imidazole rings is 1. The van der Waals surface area contributed by atoms with Crippen molar-refractivity contribution in [2.45, 2.75) is 26.3 Å². The average Bonchev–Trinajstić information content (AvgIpc) is 3.35. The molecule has 7 heteroatoms. The van der Waals surface area contributed by atoms with E-state index in [0.717, 1.165) is 61.0 Å². The molecule has 1 amide bonds. The van der Waals surface area contributed by atoms with E-state index in [1.807, 2.05) is 30.5 Å². The number of fused-ring (bicyclic) bond motifs is 3. The van der Waals surface area contributed by atoms with E-state index in [0.29, 0.717) is 12.2 Å². The fraction of sp³-hybridized carbons (Fsp3) is 0.333. The molecule has 0 atom stereocenters. The van der Waals surface area contributed by atoms with Crippen LogP contribution in [0.5, 0.6) is 5.75 Å². The van der Waals surface area contributed by atoms with Crippen LogP contribution in [0.3, 0.4) is 0 Å². The fourth-order valence-electron chi connectivity index (χ4n) is 3.42. The number of carbonyl (C=O) groups is 1. The number of rotatable bonds is 8. The van der Waals surface area contributed by atoms with Gasteiger partial charge in [0.25, 0.3) is 5.91 Å². The van der Waals surface area contributed by atoms with Gasteiger partial charge in [-0.2, -0.15) is 0 Å². The zero-order valence-corrected chi connectivity index (χ0v) is 16.0. The standard InChI is InChI=1S/C21H25N5O2/c1-2-8-22-10-13-28-16-5-3-15(4-6-16)25-21(27)17-14-24-18-7-11-26-12-9-23-20(26)19(17)18/h3-6,9,12,14,22,24H,2,7-8,10-11,13H2,1H3,(H,25,27). The predicted octanol–water partition coefficient (Wildman–Crippen LogP) is 3.07. The number of H-pyrrole nitrogens is 1. The topological polar surface area (TPSA) is 84.0 Å². The monoisotopic (exact) mass is 379 g/mol. The lowest BCUT2D eigenvalue weighted by atomic mass is 10.0. The first kappa shape index (κ1) is 18.3. The molecule has 28 heavy (non-hydrogen) atoms. The molecule has 3 N–H and O–H groups in total. The summed E-state index contributed by atoms with van der Waals surface area (Å²) >= 11 is 0. The summed E-state index contributed by atoms with van der Waals surface area (Å²) in [6.45, 7) is 5.45. The molecule has 7 nitrogen and oxygen atoms in total. The van der Waals surface area contributed by atoms with E-state index in [9.17, 15) is 4.79 Å². The summed E-state index contributed by atoms with van der Waals surface area (Å²) in [6, 6.07) is 7.45. The van der Waals surface area contributed by atoms with Crippen LogP contribution < -0.4 is 15.4 Å². The average molecular weight is 379 g/mol. The minimum absolute atomic E-state index is 0.147. The van der Waals surface area contributed by atoms with E-state index >= 15 is 0 Å². The first-order valence-electron chi connectivity index (χ1n) is 9.73. The van der Waals surface area contributed by atoms with E-state index in [2.05, 4.69) is 32.1 Å². The molecule has 0 bridgehead atoms. The number of hydrogen-bond donors (Lipinski definition) is 3. The molecular weight excluding hydrogens is 354 g/mol. The lowest BCUT2D eigenvalue weighted by molar-refractivity contribution is 0.102. The highest BCUT2D eigenvalue weighted by molar-refractivity contribution is 6.08. The molecule has 1 aliphatic heterocycles. The molecule has 0 unspecified atom stereocenters. The molecule has 1 aliphatic rings. The smallest absolute Gasteiger partial charge is 0.257 e. The number of anilines is 1. The second kappa shape index (κ2) is 8.31. The van der Waals surface area contributed by atoms with Gasteiger partial charge in [-0.3, -0.25) is 4.79 Å². The molecule has 3 heterocycles. The van der Waals surface area contributed by atoms with Crippen molar-refractivity contribution < 1.29 is 9.53 Å². The summed E-state index contributed by atoms with van der Waals surface area (Å²) < 4.78 is 7.78. The molecule has 0 saturated carbocycles. The number of aromatic amines is 1. The van der Waals surface area contributed by atoms with Gasteiger partial charge in [-0.25, -0.2) is 4.98 Å². The third-order valence-electron chi connectivity index (χ3n) is 4.83. The summed E-state index contributed by atoms with van der Waals surface area (Å²) in [7, 11) is 0. The Morgan fingerprint density at radius 1 is 1.29 bits per heavy atom. The van der Waals surface area contributed by atoms with Gasteiger partial charge in [-0.15, -0.1) is 0 Å². The van der Waals surface area contributed by atoms with E-state index < -0.39 is 0 Å². The van der Waals surface area contributed by atoms with Crippen molar-refractivity contribution in [3.8, 4) is 17.1 Å². The number of aromatic nitrogens is 3. The SMILES string of the molecule is CCCNCCOc1ccc(NC(=O)c2c[nH]c3c2-c2nccn2CC3)cc1. The lowest BCUT2D eigenvalue weighted by Gasteiger charge is -2.16. The molecule has 2 aromatic heterocycles. The van der Waals surface area contributed by atoms with Crippen molar-refractivity contribution in [3.63, 3.8) is 0 Å². The van der Waals surface area contributed by atoms with Gasteiger partial charge in [0.2, 0.25) is 0 Å². The highest BCUT2D eigenvalue weighted by atomic mass is 16.5. The molecule has 146 valence electrons. The maximum Gasteiger partial charge on any atom is 0.257 e. The number of aryl methyl sites for hydroxylation is 2. The Balaban J connectivity index is 1.39. The maximum atomic E-state index is 12.8. The van der Waals surface area contributed by atoms with Crippen LogP contribution in [0, 0.1) is 0 Å². The van der Waals surface area contributed by atoms with Crippen LogP contribution in [-0.4, -0.2) is 40.1 Å². The van der Waals surface area contributed by atoms with Crippen molar-refractivity contribution in [2.24, 2.45) is 0 Å². The largest absolute Gasteiger partial charge is 0.492 e. The second-order valence-corrected chi connectivity index (χ2v) is 6.83. The van der Waals surface area contributed by atoms with Crippen molar-refractivity contribution in [3.05, 3.63) is 54.1 Å². The van der Waals surface area contributed by atoms with Crippen molar-refractivity contribution in [1.82, 2.24) is 19.9 Å². The highest BCUT2D eigenvalue weighted by Crippen LogP contribution is 2.31. The lowest BCUT2D eigenvalue weighted by Crippen LogP contribution is -2.21. The minimum atomic E-state index is -0.147. The van der Waals surface area contributed by atoms with Crippen LogP contribution in [0.15, 0.2) is 42.9 Å². The van der Waals surface area contributed by atoms with E-state index in [4.69, 9.17) is 4.74 Å². The third kappa shape index (κ3) is 3.80. The van der Waals surface area contributed by atoms with E-state index in [-0.39, 0.29) is 5.91 Å². The molecule has 0 radical (unpaired) electrons. The van der Waals surface area contributed by atoms with Crippen LogP contribution in [0.25, 0.3) is 11.4 Å². The van der Waals surface area contributed by atoms with Gasteiger partial charge in [0.05, 0.1) is 11.1 Å². The number of hydrogen-bond acceptors (Lipinski definition) is 4. The summed E-state index contributed by atoms with van der Waals surface area (Å²) in [6.07, 6.45) is 7.47. The molecule has 0 fully saturated rings. The maximum absolute atomic E-state index is 12.8. The Labute approximate surface area is 164 Å². The highest BCUT2D eigenvalue weighted by Gasteiger charge is 2.25. The first-order valence-corrected chi connectivity index (χ1v) is 9.73. The molecular formula is C21H25N5O2. The number of amides is 1. The van der Waals surface area contributed by atoms with Gasteiger partial charge in [-0.1, -0.05) is 6.92 Å². The summed E-state index contributed by atoms with van der Waals surface area (Å²) in [4.78, 5) is 20.5. The number of nitrogens with zero attached hydrogens (tertiary/aromatic N) is 2. The first-order chi connectivity index (χ1) is 13.8. The Hall–Kier alpha value is -3.06. The fourth-order valence-corrected chi connectivity index (χ4v) is 3.42. The van der Waals surface area contributed by atoms with Gasteiger partial charge < -0.3 is 24.9 Å². The van der Waals surface area contributed by atoms with Crippen LogP contribution in [-0.2, 0) is 13.0 Å². The van der Waals surface area contributed by atoms with E-state index in [1.54, 1.807) is 12.4 Å². The predicted molar refractivity (Wildman–Crippen MR) is 109 cm³/mol. The quantitative estimate of drug-likeness (QED) is 0.525. The van der Waals surface area contributed by atoms with Gasteiger partial charge in [0.15, 0.2) is 0 Å². The minimum Gasteiger partial charge on any atom is -0.492 e. The van der Waals surface area contributed by atoms with Crippen LogP contribution in [0.4, 0.5) is 5.69 Å². The van der Waals surface area contributed by atoms with Crippen molar-refractivity contribution in [1.29, 1.82) is 0 Å². The molecule has 0 saturated heterocycles. The molecule has 1 aromatic carbocycles. The van der Waals surface area contributed by atoms with Gasteiger partial charge in [0, 0.05) is 49.5 Å². The summed E-state index contributed by atoms with van der Waals surface area (Å²) in [5.74, 6) is 1.48. The Bertz CT molecular complexity index is 942. The summed E-state index contributed by atoms with van der Waals surface area (Å²) in [5, 5.41) is 6.26. The van der Waals surface area contributed by atoms with Gasteiger partial charge >= 0.3 is 0 Å². The normalized spacial score (nSPS) is 12.3. The van der Waals surface area contributed by atoms with Crippen LogP contribution in [0.2, 0.25) is 0 Å². The summed E-state index contributed by atoms with van der Waals surface area (Å²) in [5.41, 5.74) is 3.30. The molecule has 0 aliphatic carbocycles. The van der Waals surface area contributed by atoms with Crippen LogP contribution >= 0.6 is 0 Å². The molecule has 3 aromatic rings. The number of ether oxygens (including phenoxy) is 1. The van der Waals surface area contributed by atoms with Gasteiger partial charge in [-0.05, 0) is 37.2 Å².